The minimum Gasteiger partial charge on any atom is -0.496 e. The number of rotatable bonds is 5. The second-order valence-electron chi connectivity index (χ2n) is 4.63. The van der Waals surface area contributed by atoms with Crippen LogP contribution in [-0.2, 0) is 19.9 Å². The van der Waals surface area contributed by atoms with Gasteiger partial charge in [0.15, 0.2) is 5.78 Å². The third-order valence-corrected chi connectivity index (χ3v) is 4.22. The summed E-state index contributed by atoms with van der Waals surface area (Å²) in [7, 11) is 3.34. The first kappa shape index (κ1) is 16.0. The van der Waals surface area contributed by atoms with Crippen molar-refractivity contribution in [2.24, 2.45) is 7.05 Å². The van der Waals surface area contributed by atoms with Gasteiger partial charge in [-0.1, -0.05) is 34.5 Å². The molecule has 0 radical (unpaired) electrons. The van der Waals surface area contributed by atoms with Crippen molar-refractivity contribution in [3.63, 3.8) is 0 Å². The van der Waals surface area contributed by atoms with Crippen molar-refractivity contribution in [3.8, 4) is 5.75 Å². The van der Waals surface area contributed by atoms with Crippen LogP contribution in [0, 0.1) is 0 Å². The van der Waals surface area contributed by atoms with Crippen molar-refractivity contribution in [1.29, 1.82) is 0 Å². The zero-order valence-electron chi connectivity index (χ0n) is 12.1. The van der Waals surface area contributed by atoms with Gasteiger partial charge in [-0.25, -0.2) is 0 Å². The van der Waals surface area contributed by atoms with Crippen LogP contribution in [0.5, 0.6) is 5.75 Å². The van der Waals surface area contributed by atoms with E-state index in [4.69, 9.17) is 16.3 Å². The molecule has 0 spiro atoms. The summed E-state index contributed by atoms with van der Waals surface area (Å²) in [6, 6.07) is 5.34. The van der Waals surface area contributed by atoms with Crippen LogP contribution in [-0.4, -0.2) is 22.7 Å². The number of aryl methyl sites for hydroxylation is 2. The van der Waals surface area contributed by atoms with Crippen molar-refractivity contribution < 1.29 is 9.53 Å². The van der Waals surface area contributed by atoms with Crippen molar-refractivity contribution in [2.75, 3.05) is 7.11 Å². The number of halogens is 2. The van der Waals surface area contributed by atoms with Gasteiger partial charge in [0.05, 0.1) is 35.5 Å². The molecule has 0 unspecified atom stereocenters. The van der Waals surface area contributed by atoms with E-state index in [2.05, 4.69) is 21.0 Å². The Labute approximate surface area is 137 Å². The fourth-order valence-corrected chi connectivity index (χ4v) is 2.86. The standard InChI is InChI=1S/C15H16BrClN2O2/c1-4-11-15(17)12(19(2)18-11)8-13(20)10-6-5-9(16)7-14(10)21-3/h5-7H,4,8H2,1-3H3. The fraction of sp³-hybridized carbons (Fsp3) is 0.333. The van der Waals surface area contributed by atoms with E-state index in [1.807, 2.05) is 13.0 Å². The average Bonchev–Trinajstić information content (AvgIpc) is 2.74. The second kappa shape index (κ2) is 6.62. The van der Waals surface area contributed by atoms with Crippen LogP contribution in [0.1, 0.15) is 28.7 Å². The molecule has 4 nitrogen and oxygen atoms in total. The van der Waals surface area contributed by atoms with Gasteiger partial charge in [0, 0.05) is 11.5 Å². The van der Waals surface area contributed by atoms with Crippen LogP contribution in [0.4, 0.5) is 0 Å². The zero-order chi connectivity index (χ0) is 15.6. The Morgan fingerprint density at radius 3 is 2.76 bits per heavy atom. The van der Waals surface area contributed by atoms with E-state index in [9.17, 15) is 4.79 Å². The Balaban J connectivity index is 2.32. The van der Waals surface area contributed by atoms with E-state index >= 15 is 0 Å². The molecular weight excluding hydrogens is 356 g/mol. The van der Waals surface area contributed by atoms with Gasteiger partial charge < -0.3 is 4.74 Å². The molecule has 0 aliphatic heterocycles. The van der Waals surface area contributed by atoms with Gasteiger partial charge in [-0.2, -0.15) is 5.10 Å². The predicted octanol–water partition coefficient (Wildman–Crippen LogP) is 3.83. The highest BCUT2D eigenvalue weighted by Gasteiger charge is 2.19. The Bertz CT molecular complexity index is 683. The first-order chi connectivity index (χ1) is 9.97. The number of hydrogen-bond donors (Lipinski definition) is 0. The van der Waals surface area contributed by atoms with Crippen LogP contribution < -0.4 is 4.74 Å². The lowest BCUT2D eigenvalue weighted by Crippen LogP contribution is -2.09. The van der Waals surface area contributed by atoms with E-state index in [1.54, 1.807) is 31.0 Å². The van der Waals surface area contributed by atoms with Crippen LogP contribution >= 0.6 is 27.5 Å². The molecule has 21 heavy (non-hydrogen) atoms. The molecule has 0 aliphatic carbocycles. The SMILES string of the molecule is CCc1nn(C)c(CC(=O)c2ccc(Br)cc2OC)c1Cl. The maximum Gasteiger partial charge on any atom is 0.172 e. The van der Waals surface area contributed by atoms with Crippen LogP contribution in [0.15, 0.2) is 22.7 Å². The molecule has 2 aromatic rings. The number of aromatic nitrogens is 2. The van der Waals surface area contributed by atoms with Gasteiger partial charge in [-0.05, 0) is 24.6 Å². The number of ketones is 1. The van der Waals surface area contributed by atoms with E-state index in [0.29, 0.717) is 16.3 Å². The van der Waals surface area contributed by atoms with Crippen molar-refractivity contribution in [1.82, 2.24) is 9.78 Å². The molecule has 0 fully saturated rings. The van der Waals surface area contributed by atoms with E-state index < -0.39 is 0 Å². The van der Waals surface area contributed by atoms with E-state index in [1.165, 1.54) is 0 Å². The van der Waals surface area contributed by atoms with Gasteiger partial charge >= 0.3 is 0 Å². The number of ether oxygens (including phenoxy) is 1. The maximum absolute atomic E-state index is 12.5. The molecule has 0 saturated carbocycles. The summed E-state index contributed by atoms with van der Waals surface area (Å²) in [4.78, 5) is 12.5. The molecule has 2 rings (SSSR count). The molecule has 0 bridgehead atoms. The molecule has 1 aromatic heterocycles. The number of carbonyl (C=O) groups is 1. The zero-order valence-corrected chi connectivity index (χ0v) is 14.5. The minimum atomic E-state index is -0.0492. The Morgan fingerprint density at radius 2 is 2.19 bits per heavy atom. The van der Waals surface area contributed by atoms with Crippen LogP contribution in [0.25, 0.3) is 0 Å². The summed E-state index contributed by atoms with van der Waals surface area (Å²) in [6.45, 7) is 1.98. The van der Waals surface area contributed by atoms with Crippen LogP contribution in [0.2, 0.25) is 5.02 Å². The topological polar surface area (TPSA) is 44.1 Å². The summed E-state index contributed by atoms with van der Waals surface area (Å²) < 4.78 is 7.80. The largest absolute Gasteiger partial charge is 0.496 e. The van der Waals surface area contributed by atoms with Gasteiger partial charge in [0.2, 0.25) is 0 Å². The Hall–Kier alpha value is -1.33. The van der Waals surface area contributed by atoms with E-state index in [0.717, 1.165) is 22.3 Å². The summed E-state index contributed by atoms with van der Waals surface area (Å²) in [5.74, 6) is 0.496. The lowest BCUT2D eigenvalue weighted by molar-refractivity contribution is 0.0988. The number of hydrogen-bond acceptors (Lipinski definition) is 3. The number of Topliss-reactive ketones (excluding diaryl/α,β-unsaturated/α-hetero) is 1. The van der Waals surface area contributed by atoms with Crippen molar-refractivity contribution in [3.05, 3.63) is 44.6 Å². The molecule has 0 atom stereocenters. The highest BCUT2D eigenvalue weighted by Crippen LogP contribution is 2.27. The first-order valence-electron chi connectivity index (χ1n) is 6.54. The minimum absolute atomic E-state index is 0.0492. The summed E-state index contributed by atoms with van der Waals surface area (Å²) in [5.41, 5.74) is 2.07. The lowest BCUT2D eigenvalue weighted by Gasteiger charge is -2.08. The molecule has 112 valence electrons. The van der Waals surface area contributed by atoms with Gasteiger partial charge in [-0.15, -0.1) is 0 Å². The monoisotopic (exact) mass is 370 g/mol. The summed E-state index contributed by atoms with van der Waals surface area (Å²) in [5, 5.41) is 4.90. The van der Waals surface area contributed by atoms with Gasteiger partial charge in [0.1, 0.15) is 5.75 Å². The third kappa shape index (κ3) is 3.30. The Kier molecular flexibility index (Phi) is 5.06. The third-order valence-electron chi connectivity index (χ3n) is 3.29. The summed E-state index contributed by atoms with van der Waals surface area (Å²) in [6.07, 6.45) is 0.933. The average molecular weight is 372 g/mol. The van der Waals surface area contributed by atoms with Crippen molar-refractivity contribution >= 4 is 33.3 Å². The highest BCUT2D eigenvalue weighted by atomic mass is 79.9. The van der Waals surface area contributed by atoms with E-state index in [-0.39, 0.29) is 12.2 Å². The fourth-order valence-electron chi connectivity index (χ4n) is 2.15. The smallest absolute Gasteiger partial charge is 0.172 e. The number of nitrogens with zero attached hydrogens (tertiary/aromatic N) is 2. The number of carbonyl (C=O) groups excluding carboxylic acids is 1. The Morgan fingerprint density at radius 1 is 1.48 bits per heavy atom. The number of benzene rings is 1. The molecule has 0 N–H and O–H groups in total. The second-order valence-corrected chi connectivity index (χ2v) is 5.92. The maximum atomic E-state index is 12.5. The quantitative estimate of drug-likeness (QED) is 0.750. The molecule has 0 saturated heterocycles. The van der Waals surface area contributed by atoms with Gasteiger partial charge in [-0.3, -0.25) is 9.48 Å². The van der Waals surface area contributed by atoms with Crippen molar-refractivity contribution in [2.45, 2.75) is 19.8 Å². The molecular formula is C15H16BrClN2O2. The normalized spacial score (nSPS) is 10.7. The molecule has 1 heterocycles. The lowest BCUT2D eigenvalue weighted by atomic mass is 10.1. The van der Waals surface area contributed by atoms with Gasteiger partial charge in [0.25, 0.3) is 0 Å². The first-order valence-corrected chi connectivity index (χ1v) is 7.72. The highest BCUT2D eigenvalue weighted by molar-refractivity contribution is 9.10. The number of methoxy groups -OCH3 is 1. The molecule has 1 aromatic carbocycles. The molecule has 0 aliphatic rings. The predicted molar refractivity (Wildman–Crippen MR) is 86.3 cm³/mol. The van der Waals surface area contributed by atoms with Crippen LogP contribution in [0.3, 0.4) is 0 Å². The molecule has 0 amide bonds. The molecule has 6 heteroatoms. The summed E-state index contributed by atoms with van der Waals surface area (Å²) >= 11 is 9.65.